The molecule has 36 heavy (non-hydrogen) atoms. The first-order valence-electron chi connectivity index (χ1n) is 14.7. The van der Waals surface area contributed by atoms with E-state index in [4.69, 9.17) is 9.26 Å². The fourth-order valence-corrected chi connectivity index (χ4v) is 6.49. The summed E-state index contributed by atoms with van der Waals surface area (Å²) in [6, 6.07) is 0. The summed E-state index contributed by atoms with van der Waals surface area (Å²) in [4.78, 5) is 11.6. The van der Waals surface area contributed by atoms with Crippen molar-refractivity contribution in [3.05, 3.63) is 0 Å². The third kappa shape index (κ3) is 17.3. The van der Waals surface area contributed by atoms with Gasteiger partial charge in [-0.05, 0) is 36.5 Å². The highest BCUT2D eigenvalue weighted by Gasteiger charge is 2.61. The standard InChI is InChI=1S/C28H55O6PS/c1-5-8-10-12-14-15-17-19-21-24-36-26(22-20-18-16-13-11-9-6-2)25(4)34-35(32)28(31,27(29)30)33-23-7-3/h25-26,31H,5-24H2,1-4H3/p+1. The minimum Gasteiger partial charge on any atom is -0.474 e. The molecule has 6 nitrogen and oxygen atoms in total. The number of rotatable bonds is 27. The Balaban J connectivity index is 4.65. The van der Waals surface area contributed by atoms with Gasteiger partial charge in [-0.2, -0.15) is 11.8 Å². The van der Waals surface area contributed by atoms with Crippen molar-refractivity contribution in [3.8, 4) is 0 Å². The van der Waals surface area contributed by atoms with E-state index in [2.05, 4.69) is 13.8 Å². The third-order valence-electron chi connectivity index (χ3n) is 6.49. The fraction of sp³-hybridized carbons (Fsp3) is 0.964. The highest BCUT2D eigenvalue weighted by Crippen LogP contribution is 2.42. The molecule has 0 aliphatic carbocycles. The highest BCUT2D eigenvalue weighted by molar-refractivity contribution is 7.99. The second-order valence-electron chi connectivity index (χ2n) is 9.98. The van der Waals surface area contributed by atoms with E-state index in [0.717, 1.165) is 31.4 Å². The third-order valence-corrected chi connectivity index (χ3v) is 9.40. The SMILES string of the molecule is CCCCCCCCCCCSC(CCCCCCCCC)C(C)O[P+](=O)C(O)(OCCC)C(=O)O. The van der Waals surface area contributed by atoms with E-state index in [0.29, 0.717) is 6.42 Å². The van der Waals surface area contributed by atoms with Crippen molar-refractivity contribution in [1.82, 2.24) is 0 Å². The summed E-state index contributed by atoms with van der Waals surface area (Å²) in [6.45, 7) is 8.09. The molecule has 0 aliphatic rings. The molecule has 0 bridgehead atoms. The number of carboxylic acid groups (broad SMARTS) is 1. The minimum atomic E-state index is -2.94. The van der Waals surface area contributed by atoms with Crippen LogP contribution >= 0.6 is 19.8 Å². The van der Waals surface area contributed by atoms with E-state index in [1.807, 2.05) is 18.7 Å². The first-order chi connectivity index (χ1) is 17.3. The van der Waals surface area contributed by atoms with Crippen LogP contribution in [0.15, 0.2) is 0 Å². The second kappa shape index (κ2) is 23.9. The van der Waals surface area contributed by atoms with Crippen LogP contribution in [0.3, 0.4) is 0 Å². The molecule has 0 fully saturated rings. The van der Waals surface area contributed by atoms with E-state index >= 15 is 0 Å². The number of carbonyl (C=O) groups is 1. The maximum atomic E-state index is 12.7. The molecule has 0 radical (unpaired) electrons. The van der Waals surface area contributed by atoms with Crippen molar-refractivity contribution in [2.75, 3.05) is 12.4 Å². The van der Waals surface area contributed by atoms with Crippen molar-refractivity contribution in [1.29, 1.82) is 0 Å². The van der Waals surface area contributed by atoms with Crippen molar-refractivity contribution in [3.63, 3.8) is 0 Å². The quantitative estimate of drug-likeness (QED) is 0.0597. The lowest BCUT2D eigenvalue weighted by Crippen LogP contribution is -2.39. The van der Waals surface area contributed by atoms with Crippen molar-refractivity contribution in [2.24, 2.45) is 0 Å². The molecule has 0 aliphatic heterocycles. The molecule has 8 heteroatoms. The summed E-state index contributed by atoms with van der Waals surface area (Å²) in [6.07, 6.45) is 21.2. The molecule has 0 spiro atoms. The van der Waals surface area contributed by atoms with Crippen molar-refractivity contribution >= 4 is 25.8 Å². The van der Waals surface area contributed by atoms with E-state index < -0.39 is 25.6 Å². The number of ether oxygens (including phenoxy) is 1. The molecule has 0 aromatic carbocycles. The molecular formula is C28H56O6PS+. The van der Waals surface area contributed by atoms with Gasteiger partial charge in [0.05, 0.1) is 6.61 Å². The maximum absolute atomic E-state index is 12.7. The Labute approximate surface area is 226 Å². The first-order valence-corrected chi connectivity index (χ1v) is 16.9. The van der Waals surface area contributed by atoms with Crippen LogP contribution in [0.1, 0.15) is 143 Å². The Morgan fingerprint density at radius 2 is 1.28 bits per heavy atom. The highest BCUT2D eigenvalue weighted by atomic mass is 32.2. The molecule has 214 valence electrons. The summed E-state index contributed by atoms with van der Waals surface area (Å²) in [5.74, 6) is -0.660. The number of hydrogen-bond donors (Lipinski definition) is 2. The van der Waals surface area contributed by atoms with Gasteiger partial charge in [0.25, 0.3) is 0 Å². The lowest BCUT2D eigenvalue weighted by molar-refractivity contribution is -0.192. The molecule has 0 rings (SSSR count). The Kier molecular flexibility index (Phi) is 23.8. The van der Waals surface area contributed by atoms with Gasteiger partial charge in [0.2, 0.25) is 0 Å². The van der Waals surface area contributed by atoms with Gasteiger partial charge in [0.15, 0.2) is 0 Å². The Hall–Kier alpha value is -0.200. The van der Waals surface area contributed by atoms with Gasteiger partial charge >= 0.3 is 19.5 Å². The molecule has 4 atom stereocenters. The molecule has 0 amide bonds. The van der Waals surface area contributed by atoms with Crippen LogP contribution < -0.4 is 0 Å². The second-order valence-corrected chi connectivity index (χ2v) is 12.7. The van der Waals surface area contributed by atoms with Crippen LogP contribution in [0, 0.1) is 0 Å². The van der Waals surface area contributed by atoms with Crippen LogP contribution in [-0.2, 0) is 18.6 Å². The van der Waals surface area contributed by atoms with Gasteiger partial charge in [-0.1, -0.05) is 117 Å². The van der Waals surface area contributed by atoms with Gasteiger partial charge in [-0.15, -0.1) is 4.52 Å². The normalized spacial score (nSPS) is 15.4. The molecule has 0 heterocycles. The zero-order valence-corrected chi connectivity index (χ0v) is 25.4. The summed E-state index contributed by atoms with van der Waals surface area (Å²) < 4.78 is 23.4. The summed E-state index contributed by atoms with van der Waals surface area (Å²) in [5, 5.41) is 19.9. The van der Waals surface area contributed by atoms with Crippen LogP contribution in [0.2, 0.25) is 0 Å². The number of hydrogen-bond acceptors (Lipinski definition) is 6. The van der Waals surface area contributed by atoms with E-state index in [1.54, 1.807) is 6.92 Å². The predicted molar refractivity (Wildman–Crippen MR) is 153 cm³/mol. The Morgan fingerprint density at radius 3 is 1.75 bits per heavy atom. The van der Waals surface area contributed by atoms with Gasteiger partial charge in [-0.3, -0.25) is 4.74 Å². The van der Waals surface area contributed by atoms with E-state index in [9.17, 15) is 19.6 Å². The van der Waals surface area contributed by atoms with Crippen LogP contribution in [0.5, 0.6) is 0 Å². The largest absolute Gasteiger partial charge is 0.589 e. The van der Waals surface area contributed by atoms with Crippen molar-refractivity contribution < 1.29 is 28.8 Å². The molecular weight excluding hydrogens is 495 g/mol. The van der Waals surface area contributed by atoms with Crippen molar-refractivity contribution in [2.45, 2.75) is 160 Å². The van der Waals surface area contributed by atoms with Gasteiger partial charge in [-0.25, -0.2) is 4.79 Å². The summed E-state index contributed by atoms with van der Waals surface area (Å²) in [5.41, 5.74) is -2.80. The van der Waals surface area contributed by atoms with E-state index in [1.165, 1.54) is 83.5 Å². The number of aliphatic hydroxyl groups is 1. The molecule has 0 aromatic heterocycles. The van der Waals surface area contributed by atoms with Crippen LogP contribution in [-0.4, -0.2) is 45.4 Å². The van der Waals surface area contributed by atoms with Gasteiger partial charge in [0.1, 0.15) is 6.10 Å². The fourth-order valence-electron chi connectivity index (χ4n) is 4.13. The number of thioether (sulfide) groups is 1. The van der Waals surface area contributed by atoms with E-state index in [-0.39, 0.29) is 11.9 Å². The minimum absolute atomic E-state index is 0.00354. The maximum Gasteiger partial charge on any atom is 0.589 e. The van der Waals surface area contributed by atoms with Gasteiger partial charge in [0, 0.05) is 5.25 Å². The average molecular weight is 552 g/mol. The zero-order chi connectivity index (χ0) is 27.1. The topological polar surface area (TPSA) is 93.1 Å². The van der Waals surface area contributed by atoms with Crippen LogP contribution in [0.25, 0.3) is 0 Å². The van der Waals surface area contributed by atoms with Crippen LogP contribution in [0.4, 0.5) is 0 Å². The zero-order valence-electron chi connectivity index (χ0n) is 23.7. The Bertz CT molecular complexity index is 550. The summed E-state index contributed by atoms with van der Waals surface area (Å²) in [7, 11) is -2.94. The smallest absolute Gasteiger partial charge is 0.474 e. The predicted octanol–water partition coefficient (Wildman–Crippen LogP) is 9.06. The molecule has 0 aromatic rings. The van der Waals surface area contributed by atoms with Gasteiger partial charge < -0.3 is 10.2 Å². The lowest BCUT2D eigenvalue weighted by Gasteiger charge is -2.21. The molecule has 4 unspecified atom stereocenters. The number of unbranched alkanes of at least 4 members (excludes halogenated alkanes) is 14. The monoisotopic (exact) mass is 551 g/mol. The summed E-state index contributed by atoms with van der Waals surface area (Å²) >= 11 is 1.83. The number of aliphatic carboxylic acids is 1. The first kappa shape index (κ1) is 35.8. The molecule has 0 saturated heterocycles. The lowest BCUT2D eigenvalue weighted by atomic mass is 10.1. The average Bonchev–Trinajstić information content (AvgIpc) is 2.86. The Morgan fingerprint density at radius 1 is 0.806 bits per heavy atom. The number of carboxylic acids is 1. The molecule has 2 N–H and O–H groups in total. The molecule has 0 saturated carbocycles.